The van der Waals surface area contributed by atoms with Crippen LogP contribution in [0.15, 0.2) is 36.4 Å². The van der Waals surface area contributed by atoms with Crippen LogP contribution in [0.2, 0.25) is 0 Å². The topological polar surface area (TPSA) is 69.6 Å². The summed E-state index contributed by atoms with van der Waals surface area (Å²) >= 11 is 0. The number of benzene rings is 2. The number of carbonyl (C=O) groups excluding carboxylic acids is 1. The first-order valence-electron chi connectivity index (χ1n) is 5.57. The lowest BCUT2D eigenvalue weighted by atomic mass is 10.1. The first-order valence-corrected chi connectivity index (χ1v) is 5.57. The molecule has 5 heteroatoms. The minimum atomic E-state index is -0.828. The quantitative estimate of drug-likeness (QED) is 0.728. The number of rotatable bonds is 2. The van der Waals surface area contributed by atoms with Gasteiger partial charge in [-0.05, 0) is 31.2 Å². The number of phenols is 2. The summed E-state index contributed by atoms with van der Waals surface area (Å²) in [5.41, 5.74) is 1.12. The Hall–Kier alpha value is -2.56. The number of phenolic OH excluding ortho intramolecular Hbond substituents is 2. The zero-order chi connectivity index (χ0) is 14.0. The fraction of sp³-hybridized carbons (Fsp3) is 0.0714. The van der Waals surface area contributed by atoms with Gasteiger partial charge in [0.2, 0.25) is 0 Å². The summed E-state index contributed by atoms with van der Waals surface area (Å²) < 4.78 is 13.1. The maximum absolute atomic E-state index is 13.1. The lowest BCUT2D eigenvalue weighted by molar-refractivity contribution is 0.102. The number of nitrogens with one attached hydrogen (secondary N) is 1. The molecule has 3 N–H and O–H groups in total. The molecule has 0 aliphatic rings. The van der Waals surface area contributed by atoms with Gasteiger partial charge in [0, 0.05) is 11.8 Å². The summed E-state index contributed by atoms with van der Waals surface area (Å²) in [5.74, 6) is -2.02. The number of hydrogen-bond donors (Lipinski definition) is 3. The molecule has 0 aliphatic carbocycles. The van der Waals surface area contributed by atoms with Crippen LogP contribution in [0.3, 0.4) is 0 Å². The molecule has 0 radical (unpaired) electrons. The van der Waals surface area contributed by atoms with Gasteiger partial charge in [-0.15, -0.1) is 0 Å². The van der Waals surface area contributed by atoms with Crippen LogP contribution in [-0.2, 0) is 0 Å². The first-order chi connectivity index (χ1) is 8.97. The predicted molar refractivity (Wildman–Crippen MR) is 68.9 cm³/mol. The van der Waals surface area contributed by atoms with Gasteiger partial charge in [0.1, 0.15) is 5.75 Å². The third-order valence-electron chi connectivity index (χ3n) is 2.60. The van der Waals surface area contributed by atoms with Crippen molar-refractivity contribution in [2.24, 2.45) is 0 Å². The highest BCUT2D eigenvalue weighted by atomic mass is 19.1. The summed E-state index contributed by atoms with van der Waals surface area (Å²) in [4.78, 5) is 11.9. The number of anilines is 1. The van der Waals surface area contributed by atoms with Gasteiger partial charge in [-0.1, -0.05) is 11.6 Å². The van der Waals surface area contributed by atoms with Crippen LogP contribution in [0.5, 0.6) is 11.5 Å². The van der Waals surface area contributed by atoms with Crippen LogP contribution in [0, 0.1) is 12.7 Å². The number of carbonyl (C=O) groups is 1. The molecule has 2 aromatic carbocycles. The molecule has 0 unspecified atom stereocenters. The van der Waals surface area contributed by atoms with Gasteiger partial charge < -0.3 is 15.5 Å². The fourth-order valence-electron chi connectivity index (χ4n) is 1.61. The van der Waals surface area contributed by atoms with E-state index in [1.54, 1.807) is 13.0 Å². The molecule has 0 aromatic heterocycles. The van der Waals surface area contributed by atoms with E-state index >= 15 is 0 Å². The van der Waals surface area contributed by atoms with Gasteiger partial charge in [-0.2, -0.15) is 0 Å². The monoisotopic (exact) mass is 261 g/mol. The number of amides is 1. The van der Waals surface area contributed by atoms with E-state index in [1.807, 2.05) is 0 Å². The predicted octanol–water partition coefficient (Wildman–Crippen LogP) is 2.80. The van der Waals surface area contributed by atoms with Gasteiger partial charge in [0.15, 0.2) is 11.6 Å². The Kier molecular flexibility index (Phi) is 3.37. The van der Waals surface area contributed by atoms with Crippen molar-refractivity contribution in [2.75, 3.05) is 5.32 Å². The molecule has 19 heavy (non-hydrogen) atoms. The van der Waals surface area contributed by atoms with Crippen LogP contribution < -0.4 is 5.32 Å². The zero-order valence-electron chi connectivity index (χ0n) is 10.1. The normalized spacial score (nSPS) is 10.2. The van der Waals surface area contributed by atoms with E-state index in [9.17, 15) is 14.3 Å². The second-order valence-electron chi connectivity index (χ2n) is 4.14. The van der Waals surface area contributed by atoms with E-state index in [-0.39, 0.29) is 17.0 Å². The number of aromatic hydroxyl groups is 2. The molecule has 2 aromatic rings. The molecule has 0 fully saturated rings. The van der Waals surface area contributed by atoms with Crippen molar-refractivity contribution < 1.29 is 19.4 Å². The molecule has 0 bridgehead atoms. The van der Waals surface area contributed by atoms with Crippen LogP contribution in [-0.4, -0.2) is 16.1 Å². The lowest BCUT2D eigenvalue weighted by Gasteiger charge is -2.08. The van der Waals surface area contributed by atoms with Crippen molar-refractivity contribution in [1.29, 1.82) is 0 Å². The molecular formula is C14H12FNO3. The van der Waals surface area contributed by atoms with Crippen molar-refractivity contribution in [3.63, 3.8) is 0 Å². The van der Waals surface area contributed by atoms with Gasteiger partial charge in [0.05, 0.1) is 5.56 Å². The van der Waals surface area contributed by atoms with Crippen LogP contribution in [0.25, 0.3) is 0 Å². The minimum Gasteiger partial charge on any atom is -0.507 e. The molecule has 0 spiro atoms. The van der Waals surface area contributed by atoms with Crippen LogP contribution in [0.1, 0.15) is 15.9 Å². The van der Waals surface area contributed by atoms with Gasteiger partial charge in [-0.25, -0.2) is 4.39 Å². The molecule has 0 atom stereocenters. The molecule has 4 nitrogen and oxygen atoms in total. The maximum Gasteiger partial charge on any atom is 0.259 e. The van der Waals surface area contributed by atoms with Crippen molar-refractivity contribution >= 4 is 11.6 Å². The summed E-state index contributed by atoms with van der Waals surface area (Å²) in [6, 6.07) is 8.12. The molecule has 0 aliphatic heterocycles. The second-order valence-corrected chi connectivity index (χ2v) is 4.14. The summed E-state index contributed by atoms with van der Waals surface area (Å²) in [6.07, 6.45) is 0. The summed E-state index contributed by atoms with van der Waals surface area (Å²) in [7, 11) is 0. The average Bonchev–Trinajstić information content (AvgIpc) is 2.36. The lowest BCUT2D eigenvalue weighted by Crippen LogP contribution is -2.12. The second kappa shape index (κ2) is 4.97. The third-order valence-corrected chi connectivity index (χ3v) is 2.60. The Morgan fingerprint density at radius 2 is 1.79 bits per heavy atom. The highest BCUT2D eigenvalue weighted by Gasteiger charge is 2.12. The number of hydrogen-bond acceptors (Lipinski definition) is 3. The van der Waals surface area contributed by atoms with E-state index in [4.69, 9.17) is 5.11 Å². The highest BCUT2D eigenvalue weighted by molar-refractivity contribution is 6.06. The maximum atomic E-state index is 13.1. The molecule has 2 rings (SSSR count). The number of halogens is 1. The van der Waals surface area contributed by atoms with E-state index in [2.05, 4.69) is 5.32 Å². The Bertz CT molecular complexity index is 641. The molecule has 98 valence electrons. The van der Waals surface area contributed by atoms with Crippen molar-refractivity contribution in [1.82, 2.24) is 0 Å². The smallest absolute Gasteiger partial charge is 0.259 e. The van der Waals surface area contributed by atoms with Crippen molar-refractivity contribution in [3.8, 4) is 11.5 Å². The first kappa shape index (κ1) is 12.9. The Balaban J connectivity index is 2.25. The molecule has 0 saturated heterocycles. The largest absolute Gasteiger partial charge is 0.507 e. The van der Waals surface area contributed by atoms with E-state index in [0.717, 1.165) is 17.7 Å². The third kappa shape index (κ3) is 2.82. The summed E-state index contributed by atoms with van der Waals surface area (Å²) in [6.45, 7) is 1.79. The highest BCUT2D eigenvalue weighted by Crippen LogP contribution is 2.22. The van der Waals surface area contributed by atoms with E-state index < -0.39 is 17.5 Å². The standard InChI is InChI=1S/C14H12FNO3/c1-8-2-4-12(17)10(6-8)14(19)16-9-3-5-13(18)11(15)7-9/h2-7,17-18H,1H3,(H,16,19). The Labute approximate surface area is 109 Å². The minimum absolute atomic E-state index is 0.105. The van der Waals surface area contributed by atoms with E-state index in [0.29, 0.717) is 0 Å². The van der Waals surface area contributed by atoms with Crippen LogP contribution in [0.4, 0.5) is 10.1 Å². The van der Waals surface area contributed by atoms with Crippen LogP contribution >= 0.6 is 0 Å². The fourth-order valence-corrected chi connectivity index (χ4v) is 1.61. The zero-order valence-corrected chi connectivity index (χ0v) is 10.1. The Morgan fingerprint density at radius 1 is 1.11 bits per heavy atom. The SMILES string of the molecule is Cc1ccc(O)c(C(=O)Nc2ccc(O)c(F)c2)c1. The van der Waals surface area contributed by atoms with Crippen molar-refractivity contribution in [3.05, 3.63) is 53.3 Å². The van der Waals surface area contributed by atoms with Gasteiger partial charge in [-0.3, -0.25) is 4.79 Å². The van der Waals surface area contributed by atoms with Gasteiger partial charge in [0.25, 0.3) is 5.91 Å². The number of aryl methyl sites for hydroxylation is 1. The molecule has 1 amide bonds. The molecule has 0 saturated carbocycles. The van der Waals surface area contributed by atoms with Crippen molar-refractivity contribution in [2.45, 2.75) is 6.92 Å². The average molecular weight is 261 g/mol. The van der Waals surface area contributed by atoms with Gasteiger partial charge >= 0.3 is 0 Å². The van der Waals surface area contributed by atoms with E-state index in [1.165, 1.54) is 18.2 Å². The summed E-state index contributed by atoms with van der Waals surface area (Å²) in [5, 5.41) is 21.1. The Morgan fingerprint density at radius 3 is 2.47 bits per heavy atom. The molecular weight excluding hydrogens is 249 g/mol. The molecule has 0 heterocycles.